The number of guanidine groups is 1. The molecule has 0 radical (unpaired) electrons. The maximum Gasteiger partial charge on any atom is 0.280 e. The van der Waals surface area contributed by atoms with Gasteiger partial charge in [-0.3, -0.25) is 24.8 Å². The number of aliphatic imine (C=N–C) groups is 1. The Morgan fingerprint density at radius 2 is 1.18 bits per heavy atom. The van der Waals surface area contributed by atoms with Crippen LogP contribution >= 0.6 is 11.6 Å². The van der Waals surface area contributed by atoms with Gasteiger partial charge in [-0.05, 0) is 73.7 Å². The highest BCUT2D eigenvalue weighted by Crippen LogP contribution is 2.22. The van der Waals surface area contributed by atoms with Crippen LogP contribution in [0.15, 0.2) is 53.5 Å². The van der Waals surface area contributed by atoms with Crippen LogP contribution in [0.2, 0.25) is 5.15 Å². The van der Waals surface area contributed by atoms with Crippen molar-refractivity contribution in [3.63, 3.8) is 0 Å². The van der Waals surface area contributed by atoms with Gasteiger partial charge in [0.25, 0.3) is 5.91 Å². The van der Waals surface area contributed by atoms with Crippen LogP contribution in [0.3, 0.4) is 0 Å². The molecule has 23 heteroatoms. The van der Waals surface area contributed by atoms with E-state index in [9.17, 15) is 50.4 Å². The van der Waals surface area contributed by atoms with E-state index in [1.807, 2.05) is 24.3 Å². The van der Waals surface area contributed by atoms with Crippen molar-refractivity contribution in [2.45, 2.75) is 106 Å². The van der Waals surface area contributed by atoms with E-state index in [1.54, 1.807) is 0 Å². The number of amides is 2. The second-order valence-corrected chi connectivity index (χ2v) is 16.4. The number of halogens is 1. The molecule has 0 bridgehead atoms. The van der Waals surface area contributed by atoms with E-state index < -0.39 is 74.0 Å². The minimum Gasteiger partial charge on any atom is -0.394 e. The van der Waals surface area contributed by atoms with Gasteiger partial charge in [-0.1, -0.05) is 66.6 Å². The number of carbonyl (C=O) groups is 2. The molecule has 0 aliphatic rings. The third kappa shape index (κ3) is 18.2. The van der Waals surface area contributed by atoms with Crippen molar-refractivity contribution in [2.75, 3.05) is 57.4 Å². The highest BCUT2D eigenvalue weighted by atomic mass is 35.5. The number of nitrogens with one attached hydrogen (secondary N) is 2. The zero-order chi connectivity index (χ0) is 48.9. The van der Waals surface area contributed by atoms with Crippen molar-refractivity contribution < 1.29 is 60.7 Å². The number of hydrogen-bond acceptors (Lipinski definition) is 19. The Kier molecular flexibility index (Phi) is 24.0. The van der Waals surface area contributed by atoms with Gasteiger partial charge in [-0.25, -0.2) is 9.97 Å². The number of carbonyl (C=O) groups excluding carboxylic acids is 2. The molecule has 3 rings (SSSR count). The van der Waals surface area contributed by atoms with Crippen molar-refractivity contribution in [3.8, 4) is 11.1 Å². The minimum absolute atomic E-state index is 0.0821. The molecular weight excluding hydrogens is 884 g/mol. The molecule has 1 aromatic heterocycles. The molecule has 0 fully saturated rings. The van der Waals surface area contributed by atoms with Crippen molar-refractivity contribution in [1.29, 1.82) is 0 Å². The fourth-order valence-electron chi connectivity index (χ4n) is 6.79. The van der Waals surface area contributed by atoms with Gasteiger partial charge in [-0.15, -0.1) is 0 Å². The van der Waals surface area contributed by atoms with Crippen LogP contribution in [0.5, 0.6) is 0 Å². The zero-order valence-electron chi connectivity index (χ0n) is 36.7. The number of aryl methyl sites for hydroxylation is 2. The van der Waals surface area contributed by atoms with E-state index in [0.29, 0.717) is 32.4 Å². The molecule has 3 aromatic rings. The SMILES string of the molecule is NC(=NCCCCc1ccc(-c2ccc(CCCNC(=O)[C@@H](N)CCCCN(C[C@H](O)[C@@H](O)[C@H](O)[C@H](O)CO)C[C@H](O)[C@@H](O)[C@H](O)[C@H](O)CO)cc2)cc1)NC(=O)c1nc(Cl)c(N)nc1N. The molecule has 0 saturated carbocycles. The summed E-state index contributed by atoms with van der Waals surface area (Å²) in [6.45, 7) is -1.60. The summed E-state index contributed by atoms with van der Waals surface area (Å²) in [6.07, 6.45) is -9.52. The summed E-state index contributed by atoms with van der Waals surface area (Å²) < 4.78 is 0. The Labute approximate surface area is 388 Å². The Morgan fingerprint density at radius 1 is 0.682 bits per heavy atom. The highest BCUT2D eigenvalue weighted by Gasteiger charge is 2.34. The van der Waals surface area contributed by atoms with Crippen molar-refractivity contribution in [3.05, 3.63) is 70.5 Å². The van der Waals surface area contributed by atoms with Gasteiger partial charge >= 0.3 is 0 Å². The monoisotopic (exact) mass is 950 g/mol. The van der Waals surface area contributed by atoms with Crippen molar-refractivity contribution in [1.82, 2.24) is 25.5 Å². The molecule has 20 N–H and O–H groups in total. The van der Waals surface area contributed by atoms with Gasteiger partial charge in [0.2, 0.25) is 5.91 Å². The molecule has 0 unspecified atom stereocenters. The molecule has 66 heavy (non-hydrogen) atoms. The molecule has 0 aliphatic carbocycles. The summed E-state index contributed by atoms with van der Waals surface area (Å²) in [5.74, 6) is -1.38. The maximum atomic E-state index is 12.7. The molecule has 0 aliphatic heterocycles. The van der Waals surface area contributed by atoms with Gasteiger partial charge < -0.3 is 79.3 Å². The first-order chi connectivity index (χ1) is 31.4. The number of unbranched alkanes of at least 4 members (excludes halogenated alkanes) is 2. The van der Waals surface area contributed by atoms with Gasteiger partial charge in [0.15, 0.2) is 28.4 Å². The summed E-state index contributed by atoms with van der Waals surface area (Å²) in [7, 11) is 0. The summed E-state index contributed by atoms with van der Waals surface area (Å²) in [4.78, 5) is 38.3. The van der Waals surface area contributed by atoms with E-state index in [4.69, 9.17) is 44.7 Å². The Hall–Kier alpha value is -4.66. The van der Waals surface area contributed by atoms with Gasteiger partial charge in [0, 0.05) is 26.2 Å². The quantitative estimate of drug-likeness (QED) is 0.0185. The average molecular weight is 952 g/mol. The summed E-state index contributed by atoms with van der Waals surface area (Å²) in [5, 5.41) is 104. The summed E-state index contributed by atoms with van der Waals surface area (Å²) >= 11 is 5.83. The number of nitrogen functional groups attached to an aromatic ring is 2. The van der Waals surface area contributed by atoms with Crippen molar-refractivity contribution >= 4 is 41.0 Å². The van der Waals surface area contributed by atoms with Crippen molar-refractivity contribution in [2.24, 2.45) is 16.5 Å². The molecule has 0 saturated heterocycles. The number of hydrogen-bond donors (Lipinski definition) is 16. The molecule has 1 heterocycles. The van der Waals surface area contributed by atoms with E-state index >= 15 is 0 Å². The van der Waals surface area contributed by atoms with Crippen LogP contribution in [-0.2, 0) is 17.6 Å². The first kappa shape index (κ1) is 55.7. The Morgan fingerprint density at radius 3 is 1.70 bits per heavy atom. The van der Waals surface area contributed by atoms with Crippen LogP contribution in [0.25, 0.3) is 11.1 Å². The second kappa shape index (κ2) is 28.5. The number of nitrogens with zero attached hydrogens (tertiary/aromatic N) is 4. The number of rotatable bonds is 29. The molecule has 2 aromatic carbocycles. The molecule has 368 valence electrons. The predicted octanol–water partition coefficient (Wildman–Crippen LogP) is -3.25. The van der Waals surface area contributed by atoms with E-state index in [0.717, 1.165) is 47.9 Å². The Balaban J connectivity index is 1.37. The predicted molar refractivity (Wildman–Crippen MR) is 246 cm³/mol. The normalized spacial score (nSPS) is 16.2. The lowest BCUT2D eigenvalue weighted by molar-refractivity contribution is -0.130. The maximum absolute atomic E-state index is 12.7. The minimum atomic E-state index is -1.89. The number of anilines is 2. The van der Waals surface area contributed by atoms with E-state index in [-0.39, 0.29) is 60.4 Å². The zero-order valence-corrected chi connectivity index (χ0v) is 37.4. The van der Waals surface area contributed by atoms with Gasteiger partial charge in [-0.2, -0.15) is 0 Å². The standard InChI is InChI=1S/C43H67ClN10O12/c44-38-40(47)52-39(46)33(51-38)42(66)53-43(48)50-17-3-1-6-24-9-13-26(14-10-24)27-15-11-25(12-16-27)7-5-18-49-41(65)28(45)8-2-4-19-54(20-29(57)34(61)36(63)31(59)22-55)21-30(58)35(62)37(64)32(60)23-56/h9-16,28-32,34-37,55-64H,1-8,17-23,45H2,(H,49,65)(H4,46,47,52)(H3,48,50,53,66)/t28-,29-,30-,31+,32+,34+,35+,36+,37+/m0/s1. The van der Waals surface area contributed by atoms with Gasteiger partial charge in [0.05, 0.1) is 31.5 Å². The third-order valence-electron chi connectivity index (χ3n) is 10.8. The first-order valence-corrected chi connectivity index (χ1v) is 22.0. The van der Waals surface area contributed by atoms with Crippen LogP contribution in [-0.4, -0.2) is 185 Å². The number of benzene rings is 2. The van der Waals surface area contributed by atoms with E-state index in [1.165, 1.54) is 4.90 Å². The smallest absolute Gasteiger partial charge is 0.280 e. The van der Waals surface area contributed by atoms with Gasteiger partial charge in [0.1, 0.15) is 36.6 Å². The lowest BCUT2D eigenvalue weighted by Crippen LogP contribution is -2.53. The Bertz CT molecular complexity index is 1930. The number of aliphatic hydroxyl groups excluding tert-OH is 10. The average Bonchev–Trinajstić information content (AvgIpc) is 3.31. The highest BCUT2D eigenvalue weighted by molar-refractivity contribution is 6.31. The fourth-order valence-corrected chi connectivity index (χ4v) is 6.91. The largest absolute Gasteiger partial charge is 0.394 e. The second-order valence-electron chi connectivity index (χ2n) is 16.1. The number of aliphatic hydroxyl groups is 10. The van der Waals surface area contributed by atoms with Crippen LogP contribution in [0.4, 0.5) is 11.6 Å². The van der Waals surface area contributed by atoms with Crippen LogP contribution < -0.4 is 33.6 Å². The van der Waals surface area contributed by atoms with Crippen LogP contribution in [0, 0.1) is 0 Å². The number of aromatic nitrogens is 2. The molecule has 2 amide bonds. The molecule has 22 nitrogen and oxygen atoms in total. The van der Waals surface area contributed by atoms with Crippen LogP contribution in [0.1, 0.15) is 60.1 Å². The lowest BCUT2D eigenvalue weighted by Gasteiger charge is -2.33. The first-order valence-electron chi connectivity index (χ1n) is 21.7. The lowest BCUT2D eigenvalue weighted by atomic mass is 9.99. The third-order valence-corrected chi connectivity index (χ3v) is 11.1. The molecular formula is C43H67ClN10O12. The summed E-state index contributed by atoms with van der Waals surface area (Å²) in [5.41, 5.74) is 27.4. The molecule has 9 atom stereocenters. The number of nitrogens with two attached hydrogens (primary N) is 4. The van der Waals surface area contributed by atoms with E-state index in [2.05, 4.69) is 49.9 Å². The summed E-state index contributed by atoms with van der Waals surface area (Å²) in [6, 6.07) is 15.6. The fraction of sp³-hybridized carbons (Fsp3) is 0.558. The molecule has 0 spiro atoms. The topological polar surface area (TPSA) is 406 Å².